The fraction of sp³-hybridized carbons (Fsp3) is 0.500. The number of hydrogen-bond donors (Lipinski definition) is 3. The molecule has 1 aliphatic heterocycles. The van der Waals surface area contributed by atoms with Crippen LogP contribution in [0.15, 0.2) is 6.33 Å². The summed E-state index contributed by atoms with van der Waals surface area (Å²) in [6.07, 6.45) is -3.33. The van der Waals surface area contributed by atoms with E-state index in [0.717, 1.165) is 0 Å². The van der Waals surface area contributed by atoms with Gasteiger partial charge >= 0.3 is 6.08 Å². The van der Waals surface area contributed by atoms with E-state index in [2.05, 4.69) is 15.0 Å². The number of rotatable bonds is 1. The van der Waals surface area contributed by atoms with Gasteiger partial charge in [-0.05, 0) is 6.92 Å². The van der Waals surface area contributed by atoms with Crippen LogP contribution in [0.1, 0.15) is 13.2 Å². The van der Waals surface area contributed by atoms with Crippen LogP contribution in [0.3, 0.4) is 0 Å². The third-order valence-corrected chi connectivity index (χ3v) is 3.17. The smallest absolute Gasteiger partial charge is 0.312 e. The Kier molecular flexibility index (Phi) is 2.62. The number of aliphatic hydroxyl groups excluding tert-OH is 2. The number of nitrogens with two attached hydrogens (primary N) is 1. The molecule has 1 saturated heterocycles. The summed E-state index contributed by atoms with van der Waals surface area (Å²) in [6.45, 7) is 1.62. The molecule has 0 amide bonds. The SMILES string of the molecule is C[C@H]1O[C@@H](n2cnc3c(N)nc(F)nc32)C(O)[C@H]1O. The van der Waals surface area contributed by atoms with Gasteiger partial charge in [-0.15, -0.1) is 0 Å². The summed E-state index contributed by atoms with van der Waals surface area (Å²) < 4.78 is 19.9. The lowest BCUT2D eigenvalue weighted by molar-refractivity contribution is -0.0300. The van der Waals surface area contributed by atoms with E-state index < -0.39 is 30.6 Å². The fourth-order valence-corrected chi connectivity index (χ4v) is 2.15. The van der Waals surface area contributed by atoms with E-state index in [-0.39, 0.29) is 17.0 Å². The van der Waals surface area contributed by atoms with Crippen LogP contribution in [-0.4, -0.2) is 48.0 Å². The van der Waals surface area contributed by atoms with Crippen molar-refractivity contribution in [3.63, 3.8) is 0 Å². The molecule has 4 atom stereocenters. The highest BCUT2D eigenvalue weighted by Crippen LogP contribution is 2.31. The van der Waals surface area contributed by atoms with Gasteiger partial charge < -0.3 is 20.7 Å². The third kappa shape index (κ3) is 1.74. The predicted octanol–water partition coefficient (Wildman–Crippen LogP) is -0.813. The number of aliphatic hydroxyl groups is 2. The Hall–Kier alpha value is -1.84. The van der Waals surface area contributed by atoms with Gasteiger partial charge in [0.15, 0.2) is 23.2 Å². The summed E-state index contributed by atoms with van der Waals surface area (Å²) in [7, 11) is 0. The zero-order valence-corrected chi connectivity index (χ0v) is 9.93. The average molecular weight is 269 g/mol. The largest absolute Gasteiger partial charge is 0.388 e. The number of ether oxygens (including phenoxy) is 1. The summed E-state index contributed by atoms with van der Waals surface area (Å²) in [6, 6.07) is 0. The number of aromatic nitrogens is 4. The van der Waals surface area contributed by atoms with Crippen LogP contribution in [0, 0.1) is 6.08 Å². The molecular formula is C10H12FN5O3. The molecule has 3 rings (SSSR count). The summed E-state index contributed by atoms with van der Waals surface area (Å²) >= 11 is 0. The van der Waals surface area contributed by atoms with Crippen molar-refractivity contribution in [2.75, 3.05) is 5.73 Å². The minimum Gasteiger partial charge on any atom is -0.388 e. The normalized spacial score (nSPS) is 31.2. The molecule has 8 nitrogen and oxygen atoms in total. The molecule has 19 heavy (non-hydrogen) atoms. The zero-order valence-electron chi connectivity index (χ0n) is 9.93. The molecule has 2 aromatic heterocycles. The van der Waals surface area contributed by atoms with Gasteiger partial charge in [0.2, 0.25) is 0 Å². The van der Waals surface area contributed by atoms with E-state index in [9.17, 15) is 14.6 Å². The lowest BCUT2D eigenvalue weighted by atomic mass is 10.1. The van der Waals surface area contributed by atoms with Crippen molar-refractivity contribution in [2.45, 2.75) is 31.5 Å². The maximum atomic E-state index is 13.2. The van der Waals surface area contributed by atoms with Crippen LogP contribution in [0.5, 0.6) is 0 Å². The topological polar surface area (TPSA) is 119 Å². The second-order valence-corrected chi connectivity index (χ2v) is 4.41. The molecule has 1 fully saturated rings. The van der Waals surface area contributed by atoms with Crippen LogP contribution in [-0.2, 0) is 4.74 Å². The molecule has 0 aromatic carbocycles. The Labute approximate surface area is 106 Å². The van der Waals surface area contributed by atoms with Crippen LogP contribution in [0.4, 0.5) is 10.2 Å². The molecule has 0 radical (unpaired) electrons. The lowest BCUT2D eigenvalue weighted by Gasteiger charge is -2.16. The van der Waals surface area contributed by atoms with Crippen LogP contribution < -0.4 is 5.73 Å². The van der Waals surface area contributed by atoms with Gasteiger partial charge in [-0.1, -0.05) is 0 Å². The quantitative estimate of drug-likeness (QED) is 0.579. The second-order valence-electron chi connectivity index (χ2n) is 4.41. The fourth-order valence-electron chi connectivity index (χ4n) is 2.15. The number of hydrogen-bond acceptors (Lipinski definition) is 7. The van der Waals surface area contributed by atoms with Crippen molar-refractivity contribution in [1.29, 1.82) is 0 Å². The highest BCUT2D eigenvalue weighted by atomic mass is 19.1. The number of imidazole rings is 1. The number of fused-ring (bicyclic) bond motifs is 1. The van der Waals surface area contributed by atoms with E-state index in [4.69, 9.17) is 10.5 Å². The molecule has 1 aliphatic rings. The molecule has 0 spiro atoms. The summed E-state index contributed by atoms with van der Waals surface area (Å²) in [5, 5.41) is 19.6. The van der Waals surface area contributed by atoms with E-state index >= 15 is 0 Å². The first-order valence-electron chi connectivity index (χ1n) is 5.66. The van der Waals surface area contributed by atoms with Crippen molar-refractivity contribution < 1.29 is 19.3 Å². The van der Waals surface area contributed by atoms with E-state index in [1.54, 1.807) is 6.92 Å². The van der Waals surface area contributed by atoms with Crippen molar-refractivity contribution in [1.82, 2.24) is 19.5 Å². The molecule has 2 aromatic rings. The standard InChI is InChI=1S/C10H12FN5O3/c1-3-5(17)6(18)9(19-3)16-2-13-4-7(12)14-10(11)15-8(4)16/h2-3,5-6,9,17-18H,1H3,(H2,12,14,15)/t3-,5+,6?,9-/m1/s1. The van der Waals surface area contributed by atoms with Gasteiger partial charge in [-0.3, -0.25) is 4.57 Å². The van der Waals surface area contributed by atoms with Gasteiger partial charge in [-0.25, -0.2) is 4.98 Å². The average Bonchev–Trinajstić information content (AvgIpc) is 2.86. The maximum absolute atomic E-state index is 13.2. The van der Waals surface area contributed by atoms with Gasteiger partial charge in [0, 0.05) is 0 Å². The van der Waals surface area contributed by atoms with E-state index in [1.807, 2.05) is 0 Å². The highest BCUT2D eigenvalue weighted by Gasteiger charge is 2.42. The van der Waals surface area contributed by atoms with Gasteiger partial charge in [0.1, 0.15) is 12.2 Å². The molecule has 0 bridgehead atoms. The number of anilines is 1. The van der Waals surface area contributed by atoms with Crippen LogP contribution >= 0.6 is 0 Å². The molecular weight excluding hydrogens is 257 g/mol. The molecule has 0 saturated carbocycles. The van der Waals surface area contributed by atoms with Gasteiger partial charge in [0.05, 0.1) is 12.4 Å². The van der Waals surface area contributed by atoms with Crippen molar-refractivity contribution in [3.05, 3.63) is 12.4 Å². The Balaban J connectivity index is 2.11. The monoisotopic (exact) mass is 269 g/mol. The van der Waals surface area contributed by atoms with E-state index in [0.29, 0.717) is 0 Å². The zero-order chi connectivity index (χ0) is 13.7. The summed E-state index contributed by atoms with van der Waals surface area (Å²) in [5.74, 6) is -0.0951. The van der Waals surface area contributed by atoms with Crippen molar-refractivity contribution >= 4 is 17.0 Å². The van der Waals surface area contributed by atoms with Gasteiger partial charge in [0.25, 0.3) is 0 Å². The minimum absolute atomic E-state index is 0.0951. The first-order chi connectivity index (χ1) is 8.99. The lowest BCUT2D eigenvalue weighted by Crippen LogP contribution is -2.30. The van der Waals surface area contributed by atoms with Crippen LogP contribution in [0.25, 0.3) is 11.2 Å². The minimum atomic E-state index is -1.16. The molecule has 0 aliphatic carbocycles. The summed E-state index contributed by atoms with van der Waals surface area (Å²) in [5.41, 5.74) is 5.86. The van der Waals surface area contributed by atoms with E-state index in [1.165, 1.54) is 10.9 Å². The Morgan fingerprint density at radius 2 is 2.11 bits per heavy atom. The Morgan fingerprint density at radius 1 is 1.37 bits per heavy atom. The number of halogens is 1. The first kappa shape index (κ1) is 12.2. The maximum Gasteiger partial charge on any atom is 0.312 e. The van der Waals surface area contributed by atoms with Gasteiger partial charge in [-0.2, -0.15) is 14.4 Å². The first-order valence-corrected chi connectivity index (χ1v) is 5.66. The molecule has 9 heteroatoms. The highest BCUT2D eigenvalue weighted by molar-refractivity contribution is 5.81. The number of nitrogens with zero attached hydrogens (tertiary/aromatic N) is 4. The predicted molar refractivity (Wildman–Crippen MR) is 61.3 cm³/mol. The molecule has 3 heterocycles. The molecule has 1 unspecified atom stereocenters. The second kappa shape index (κ2) is 4.08. The Bertz CT molecular complexity index is 633. The van der Waals surface area contributed by atoms with Crippen LogP contribution in [0.2, 0.25) is 0 Å². The number of nitrogen functional groups attached to an aromatic ring is 1. The van der Waals surface area contributed by atoms with Crippen molar-refractivity contribution in [3.8, 4) is 0 Å². The van der Waals surface area contributed by atoms with Crippen molar-refractivity contribution in [2.24, 2.45) is 0 Å². The molecule has 102 valence electrons. The molecule has 4 N–H and O–H groups in total. The third-order valence-electron chi connectivity index (χ3n) is 3.17. The summed E-state index contributed by atoms with van der Waals surface area (Å²) in [4.78, 5) is 10.9. The Morgan fingerprint density at radius 3 is 2.74 bits per heavy atom.